The summed E-state index contributed by atoms with van der Waals surface area (Å²) in [5, 5.41) is 4.82. The molecule has 0 saturated carbocycles. The molecule has 0 aliphatic heterocycles. The third kappa shape index (κ3) is 5.89. The second-order valence-electron chi connectivity index (χ2n) is 14.8. The van der Waals surface area contributed by atoms with Crippen LogP contribution in [0.5, 0.6) is 0 Å². The van der Waals surface area contributed by atoms with Crippen molar-refractivity contribution in [3.05, 3.63) is 217 Å². The molecule has 0 amide bonds. The summed E-state index contributed by atoms with van der Waals surface area (Å²) in [4.78, 5) is 6.18. The molecule has 0 fully saturated rings. The van der Waals surface area contributed by atoms with E-state index in [-0.39, 0.29) is 0 Å². The smallest absolute Gasteiger partial charge is 0.0544 e. The minimum Gasteiger partial charge on any atom is -0.354 e. The van der Waals surface area contributed by atoms with Gasteiger partial charge in [0.2, 0.25) is 0 Å². The lowest BCUT2D eigenvalue weighted by atomic mass is 9.94. The number of nitrogens with one attached hydrogen (secondary N) is 1. The molecule has 58 heavy (non-hydrogen) atoms. The second-order valence-corrected chi connectivity index (χ2v) is 15.7. The van der Waals surface area contributed by atoms with Gasteiger partial charge in [-0.1, -0.05) is 137 Å². The number of nitrogens with zero attached hydrogens (tertiary/aromatic N) is 2. The molecule has 0 aliphatic carbocycles. The lowest BCUT2D eigenvalue weighted by molar-refractivity contribution is 1.18. The van der Waals surface area contributed by atoms with E-state index in [1.165, 1.54) is 43.8 Å². The number of aromatic amines is 1. The van der Waals surface area contributed by atoms with Gasteiger partial charge in [-0.2, -0.15) is 0 Å². The molecule has 0 aliphatic rings. The van der Waals surface area contributed by atoms with Crippen LogP contribution in [0.25, 0.3) is 82.7 Å². The Morgan fingerprint density at radius 1 is 0.379 bits per heavy atom. The van der Waals surface area contributed by atoms with Gasteiger partial charge >= 0.3 is 0 Å². The first-order valence-electron chi connectivity index (χ1n) is 19.6. The van der Waals surface area contributed by atoms with E-state index < -0.39 is 0 Å². The monoisotopic (exact) mass is 805 g/mol. The molecule has 0 unspecified atom stereocenters. The van der Waals surface area contributed by atoms with Crippen molar-refractivity contribution < 1.29 is 0 Å². The van der Waals surface area contributed by atoms with Crippen LogP contribution in [0.2, 0.25) is 0 Å². The molecule has 0 saturated heterocycles. The lowest BCUT2D eigenvalue weighted by Gasteiger charge is -2.25. The van der Waals surface area contributed by atoms with E-state index in [2.05, 4.69) is 243 Å². The van der Waals surface area contributed by atoms with Gasteiger partial charge in [0.15, 0.2) is 0 Å². The van der Waals surface area contributed by atoms with E-state index in [1.54, 1.807) is 0 Å². The van der Waals surface area contributed by atoms with Gasteiger partial charge in [-0.15, -0.1) is 0 Å². The topological polar surface area (TPSA) is 24.0 Å². The number of fused-ring (bicyclic) bond motifs is 6. The minimum absolute atomic E-state index is 1.02. The summed E-state index contributed by atoms with van der Waals surface area (Å²) in [5.74, 6) is 0. The molecule has 11 rings (SSSR count). The molecule has 9 aromatic carbocycles. The van der Waals surface area contributed by atoms with Crippen LogP contribution in [0.3, 0.4) is 0 Å². The van der Waals surface area contributed by atoms with Crippen molar-refractivity contribution in [2.24, 2.45) is 0 Å². The summed E-state index contributed by atoms with van der Waals surface area (Å²) in [6.45, 7) is 0. The number of H-pyrrole nitrogens is 1. The van der Waals surface area contributed by atoms with Crippen LogP contribution >= 0.6 is 15.9 Å². The molecule has 0 atom stereocenters. The zero-order chi connectivity index (χ0) is 38.6. The Bertz CT molecular complexity index is 3240. The van der Waals surface area contributed by atoms with E-state index in [0.717, 1.165) is 60.4 Å². The number of rotatable bonds is 7. The predicted molar refractivity (Wildman–Crippen MR) is 249 cm³/mol. The van der Waals surface area contributed by atoms with Crippen molar-refractivity contribution in [3.63, 3.8) is 0 Å². The average molecular weight is 807 g/mol. The number of aromatic nitrogens is 2. The van der Waals surface area contributed by atoms with E-state index >= 15 is 0 Å². The van der Waals surface area contributed by atoms with Gasteiger partial charge in [0.1, 0.15) is 0 Å². The first-order chi connectivity index (χ1) is 28.7. The number of para-hydroxylation sites is 3. The van der Waals surface area contributed by atoms with Crippen molar-refractivity contribution in [1.29, 1.82) is 0 Å². The molecule has 4 heteroatoms. The quantitative estimate of drug-likeness (QED) is 0.170. The maximum Gasteiger partial charge on any atom is 0.0544 e. The summed E-state index contributed by atoms with van der Waals surface area (Å²) >= 11 is 3.97. The molecule has 0 bridgehead atoms. The normalized spacial score (nSPS) is 11.5. The Labute approximate surface area is 345 Å². The van der Waals surface area contributed by atoms with Crippen LogP contribution in [0.15, 0.2) is 217 Å². The molecule has 0 spiro atoms. The van der Waals surface area contributed by atoms with Gasteiger partial charge in [-0.25, -0.2) is 0 Å². The summed E-state index contributed by atoms with van der Waals surface area (Å²) in [6, 6.07) is 76.5. The zero-order valence-electron chi connectivity index (χ0n) is 31.5. The van der Waals surface area contributed by atoms with Gasteiger partial charge in [0.25, 0.3) is 0 Å². The first-order valence-corrected chi connectivity index (χ1v) is 20.4. The minimum atomic E-state index is 1.02. The molecule has 2 aromatic heterocycles. The first kappa shape index (κ1) is 34.1. The van der Waals surface area contributed by atoms with E-state index in [9.17, 15) is 0 Å². The molecule has 11 aromatic rings. The predicted octanol–water partition coefficient (Wildman–Crippen LogP) is 15.7. The maximum absolute atomic E-state index is 3.97. The second kappa shape index (κ2) is 14.1. The number of hydrogen-bond donors (Lipinski definition) is 1. The highest BCUT2D eigenvalue weighted by atomic mass is 79.9. The fraction of sp³-hybridized carbons (Fsp3) is 0. The summed E-state index contributed by atoms with van der Waals surface area (Å²) in [5.41, 5.74) is 16.0. The van der Waals surface area contributed by atoms with Crippen LogP contribution in [-0.4, -0.2) is 9.55 Å². The van der Waals surface area contributed by atoms with Crippen molar-refractivity contribution in [2.75, 3.05) is 4.90 Å². The van der Waals surface area contributed by atoms with Crippen molar-refractivity contribution in [3.8, 4) is 39.1 Å². The molecule has 0 radical (unpaired) electrons. The van der Waals surface area contributed by atoms with Crippen LogP contribution in [0.4, 0.5) is 17.1 Å². The molecule has 1 N–H and O–H groups in total. The van der Waals surface area contributed by atoms with Crippen molar-refractivity contribution >= 4 is 76.6 Å². The molecule has 2 heterocycles. The Balaban J connectivity index is 1.12. The van der Waals surface area contributed by atoms with Crippen LogP contribution in [-0.2, 0) is 0 Å². The van der Waals surface area contributed by atoms with Crippen molar-refractivity contribution in [2.45, 2.75) is 0 Å². The lowest BCUT2D eigenvalue weighted by Crippen LogP contribution is -2.09. The van der Waals surface area contributed by atoms with Crippen LogP contribution in [0, 0.1) is 0 Å². The molecular weight excluding hydrogens is 771 g/mol. The van der Waals surface area contributed by atoms with Gasteiger partial charge in [0.05, 0.1) is 16.6 Å². The summed E-state index contributed by atoms with van der Waals surface area (Å²) in [7, 11) is 0. The largest absolute Gasteiger partial charge is 0.354 e. The Kier molecular flexibility index (Phi) is 8.30. The SMILES string of the molecule is Brc1cc(-c2cc(-c3ccccc3)cc3c2[nH]c2ccc(-c4ccccc4)cc23)cc(-n2c3ccccc3c3cc(N(c4ccccc4)c4ccccc4)ccc32)c1. The van der Waals surface area contributed by atoms with Gasteiger partial charge in [0, 0.05) is 59.8 Å². The molecule has 3 nitrogen and oxygen atoms in total. The Morgan fingerprint density at radius 2 is 0.983 bits per heavy atom. The van der Waals surface area contributed by atoms with Gasteiger partial charge in [-0.05, 0) is 119 Å². The fourth-order valence-corrected chi connectivity index (χ4v) is 9.15. The summed E-state index contributed by atoms with van der Waals surface area (Å²) in [6.07, 6.45) is 0. The van der Waals surface area contributed by atoms with E-state index in [4.69, 9.17) is 0 Å². The van der Waals surface area contributed by atoms with Crippen LogP contribution in [0.1, 0.15) is 0 Å². The number of anilines is 3. The third-order valence-corrected chi connectivity index (χ3v) is 11.8. The highest BCUT2D eigenvalue weighted by molar-refractivity contribution is 9.10. The van der Waals surface area contributed by atoms with Gasteiger partial charge < -0.3 is 14.5 Å². The summed E-state index contributed by atoms with van der Waals surface area (Å²) < 4.78 is 3.43. The average Bonchev–Trinajstić information content (AvgIpc) is 3.82. The molecular formula is C54H36BrN3. The van der Waals surface area contributed by atoms with Crippen LogP contribution < -0.4 is 4.90 Å². The number of halogens is 1. The van der Waals surface area contributed by atoms with E-state index in [1.807, 2.05) is 0 Å². The Hall–Kier alpha value is -7.14. The fourth-order valence-electron chi connectivity index (χ4n) is 8.67. The Morgan fingerprint density at radius 3 is 1.69 bits per heavy atom. The van der Waals surface area contributed by atoms with Crippen molar-refractivity contribution in [1.82, 2.24) is 9.55 Å². The van der Waals surface area contributed by atoms with Gasteiger partial charge in [-0.3, -0.25) is 0 Å². The highest BCUT2D eigenvalue weighted by Crippen LogP contribution is 2.43. The third-order valence-electron chi connectivity index (χ3n) is 11.3. The maximum atomic E-state index is 3.97. The van der Waals surface area contributed by atoms with E-state index in [0.29, 0.717) is 0 Å². The molecule has 274 valence electrons. The zero-order valence-corrected chi connectivity index (χ0v) is 33.1. The highest BCUT2D eigenvalue weighted by Gasteiger charge is 2.20. The number of benzene rings is 9. The number of hydrogen-bond acceptors (Lipinski definition) is 1. The standard InChI is InChI=1S/C54H36BrN3/c55-41-29-40(47-32-39(37-17-7-2-8-18-37)33-50-48-31-38(36-15-5-1-6-16-36)25-27-51(48)56-54(47)50)30-45(34-41)58-52-24-14-13-23-46(52)49-35-44(26-28-53(49)58)57(42-19-9-3-10-20-42)43-21-11-4-12-22-43/h1-35,56H.